The molecule has 0 spiro atoms. The molecule has 0 radical (unpaired) electrons. The molecular weight excluding hydrogens is 144 g/mol. The predicted octanol–water partition coefficient (Wildman–Crippen LogP) is 3.71. The molecule has 70 valence electrons. The fourth-order valence-corrected chi connectivity index (χ4v) is 3.89. The Hall–Kier alpha value is 0. The van der Waals surface area contributed by atoms with Gasteiger partial charge >= 0.3 is 0 Å². The molecule has 12 heavy (non-hydrogen) atoms. The summed E-state index contributed by atoms with van der Waals surface area (Å²) in [7, 11) is 0. The van der Waals surface area contributed by atoms with Crippen molar-refractivity contribution in [1.29, 1.82) is 0 Å². The van der Waals surface area contributed by atoms with Gasteiger partial charge in [0.1, 0.15) is 0 Å². The van der Waals surface area contributed by atoms with E-state index >= 15 is 0 Å². The SMILES string of the molecule is CCC1C(C)CC2CC1C2(C)C. The van der Waals surface area contributed by atoms with E-state index in [2.05, 4.69) is 27.7 Å². The number of rotatable bonds is 1. The molecule has 0 nitrogen and oxygen atoms in total. The number of hydrogen-bond donors (Lipinski definition) is 0. The molecule has 2 bridgehead atoms. The Balaban J connectivity index is 2.15. The molecule has 0 heteroatoms. The summed E-state index contributed by atoms with van der Waals surface area (Å²) in [4.78, 5) is 0. The van der Waals surface area contributed by atoms with Crippen molar-refractivity contribution >= 4 is 0 Å². The Morgan fingerprint density at radius 1 is 1.25 bits per heavy atom. The van der Waals surface area contributed by atoms with Crippen LogP contribution in [0.25, 0.3) is 0 Å². The predicted molar refractivity (Wildman–Crippen MR) is 52.9 cm³/mol. The maximum Gasteiger partial charge on any atom is -0.0295 e. The third-order valence-electron chi connectivity index (χ3n) is 4.92. The van der Waals surface area contributed by atoms with Crippen molar-refractivity contribution < 1.29 is 0 Å². The zero-order chi connectivity index (χ0) is 8.93. The van der Waals surface area contributed by atoms with Crippen LogP contribution in [0, 0.1) is 29.1 Å². The summed E-state index contributed by atoms with van der Waals surface area (Å²) in [6, 6.07) is 0. The van der Waals surface area contributed by atoms with Gasteiger partial charge in [-0.05, 0) is 41.9 Å². The smallest absolute Gasteiger partial charge is 0.0295 e. The van der Waals surface area contributed by atoms with E-state index in [1.54, 1.807) is 0 Å². The summed E-state index contributed by atoms with van der Waals surface area (Å²) < 4.78 is 0. The van der Waals surface area contributed by atoms with Crippen LogP contribution in [0.4, 0.5) is 0 Å². The second-order valence-corrected chi connectivity index (χ2v) is 5.65. The number of fused-ring (bicyclic) bond motifs is 2. The minimum atomic E-state index is 0.688. The largest absolute Gasteiger partial charge is 0.0651 e. The van der Waals surface area contributed by atoms with E-state index in [0.29, 0.717) is 5.41 Å². The summed E-state index contributed by atoms with van der Waals surface area (Å²) >= 11 is 0. The fourth-order valence-electron chi connectivity index (χ4n) is 3.89. The molecule has 4 unspecified atom stereocenters. The first-order chi connectivity index (χ1) is 5.57. The Kier molecular flexibility index (Phi) is 1.79. The maximum atomic E-state index is 2.49. The van der Waals surface area contributed by atoms with Crippen LogP contribution < -0.4 is 0 Å². The van der Waals surface area contributed by atoms with Crippen molar-refractivity contribution in [1.82, 2.24) is 0 Å². The van der Waals surface area contributed by atoms with E-state index in [1.807, 2.05) is 0 Å². The van der Waals surface area contributed by atoms with Gasteiger partial charge in [0.25, 0.3) is 0 Å². The third kappa shape index (κ3) is 0.900. The van der Waals surface area contributed by atoms with Crippen LogP contribution in [-0.2, 0) is 0 Å². The van der Waals surface area contributed by atoms with Gasteiger partial charge in [-0.2, -0.15) is 0 Å². The molecule has 0 aromatic rings. The molecule has 3 saturated carbocycles. The summed E-state index contributed by atoms with van der Waals surface area (Å²) in [6.07, 6.45) is 4.44. The van der Waals surface area contributed by atoms with Crippen LogP contribution >= 0.6 is 0 Å². The molecular formula is C12H22. The summed E-state index contributed by atoms with van der Waals surface area (Å²) in [5, 5.41) is 0. The van der Waals surface area contributed by atoms with E-state index in [1.165, 1.54) is 19.3 Å². The van der Waals surface area contributed by atoms with E-state index in [0.717, 1.165) is 23.7 Å². The van der Waals surface area contributed by atoms with Crippen LogP contribution in [0.5, 0.6) is 0 Å². The third-order valence-corrected chi connectivity index (χ3v) is 4.92. The zero-order valence-electron chi connectivity index (χ0n) is 8.93. The summed E-state index contributed by atoms with van der Waals surface area (Å²) in [6.45, 7) is 9.80. The van der Waals surface area contributed by atoms with Gasteiger partial charge in [-0.25, -0.2) is 0 Å². The Labute approximate surface area is 76.7 Å². The monoisotopic (exact) mass is 166 g/mol. The fraction of sp³-hybridized carbons (Fsp3) is 1.00. The first-order valence-electron chi connectivity index (χ1n) is 5.57. The lowest BCUT2D eigenvalue weighted by Crippen LogP contribution is -2.54. The second-order valence-electron chi connectivity index (χ2n) is 5.65. The second kappa shape index (κ2) is 2.49. The molecule has 0 heterocycles. The van der Waals surface area contributed by atoms with Crippen LogP contribution in [0.3, 0.4) is 0 Å². The maximum absolute atomic E-state index is 2.49. The van der Waals surface area contributed by atoms with Crippen molar-refractivity contribution in [3.05, 3.63) is 0 Å². The molecule has 0 aliphatic heterocycles. The van der Waals surface area contributed by atoms with Crippen LogP contribution in [0.2, 0.25) is 0 Å². The lowest BCUT2D eigenvalue weighted by molar-refractivity contribution is -0.131. The molecule has 3 rings (SSSR count). The minimum absolute atomic E-state index is 0.688. The van der Waals surface area contributed by atoms with E-state index in [4.69, 9.17) is 0 Å². The lowest BCUT2D eigenvalue weighted by Gasteiger charge is -2.62. The quantitative estimate of drug-likeness (QED) is 0.557. The van der Waals surface area contributed by atoms with Gasteiger partial charge in [0.05, 0.1) is 0 Å². The molecule has 3 fully saturated rings. The first-order valence-corrected chi connectivity index (χ1v) is 5.57. The van der Waals surface area contributed by atoms with Gasteiger partial charge in [0.15, 0.2) is 0 Å². The van der Waals surface area contributed by atoms with Gasteiger partial charge < -0.3 is 0 Å². The molecule has 3 aliphatic rings. The molecule has 0 saturated heterocycles. The molecule has 0 aromatic heterocycles. The van der Waals surface area contributed by atoms with Crippen molar-refractivity contribution in [2.24, 2.45) is 29.1 Å². The van der Waals surface area contributed by atoms with Gasteiger partial charge in [-0.15, -0.1) is 0 Å². The highest BCUT2D eigenvalue weighted by Gasteiger charge is 2.55. The van der Waals surface area contributed by atoms with Crippen molar-refractivity contribution in [2.75, 3.05) is 0 Å². The van der Waals surface area contributed by atoms with E-state index < -0.39 is 0 Å². The standard InChI is InChI=1S/C12H22/c1-5-10-8(2)6-9-7-11(10)12(9,3)4/h8-11H,5-7H2,1-4H3. The first kappa shape index (κ1) is 8.59. The van der Waals surface area contributed by atoms with Crippen LogP contribution in [-0.4, -0.2) is 0 Å². The van der Waals surface area contributed by atoms with Gasteiger partial charge in [0, 0.05) is 0 Å². The number of hydrogen-bond acceptors (Lipinski definition) is 0. The topological polar surface area (TPSA) is 0 Å². The highest BCUT2D eigenvalue weighted by Crippen LogP contribution is 2.63. The van der Waals surface area contributed by atoms with Crippen LogP contribution in [0.15, 0.2) is 0 Å². The Bertz CT molecular complexity index is 180. The molecule has 0 amide bonds. The van der Waals surface area contributed by atoms with Crippen molar-refractivity contribution in [3.63, 3.8) is 0 Å². The Morgan fingerprint density at radius 3 is 2.33 bits per heavy atom. The molecule has 3 aliphatic carbocycles. The highest BCUT2D eigenvalue weighted by atomic mass is 14.6. The zero-order valence-corrected chi connectivity index (χ0v) is 8.93. The van der Waals surface area contributed by atoms with Gasteiger partial charge in [-0.3, -0.25) is 0 Å². The van der Waals surface area contributed by atoms with Gasteiger partial charge in [-0.1, -0.05) is 34.1 Å². The summed E-state index contributed by atoms with van der Waals surface area (Å²) in [5.74, 6) is 4.15. The van der Waals surface area contributed by atoms with E-state index in [-0.39, 0.29) is 0 Å². The normalized spacial score (nSPS) is 50.0. The summed E-state index contributed by atoms with van der Waals surface area (Å²) in [5.41, 5.74) is 0.688. The average molecular weight is 166 g/mol. The average Bonchev–Trinajstić information content (AvgIpc) is 2.03. The van der Waals surface area contributed by atoms with Gasteiger partial charge in [0.2, 0.25) is 0 Å². The Morgan fingerprint density at radius 2 is 1.92 bits per heavy atom. The molecule has 0 aromatic carbocycles. The van der Waals surface area contributed by atoms with Crippen molar-refractivity contribution in [2.45, 2.75) is 47.0 Å². The van der Waals surface area contributed by atoms with E-state index in [9.17, 15) is 0 Å². The highest BCUT2D eigenvalue weighted by molar-refractivity contribution is 5.04. The van der Waals surface area contributed by atoms with Crippen molar-refractivity contribution in [3.8, 4) is 0 Å². The minimum Gasteiger partial charge on any atom is -0.0651 e. The molecule has 0 N–H and O–H groups in total. The molecule has 4 atom stereocenters. The lowest BCUT2D eigenvalue weighted by atomic mass is 9.43. The van der Waals surface area contributed by atoms with Crippen LogP contribution in [0.1, 0.15) is 47.0 Å².